The Morgan fingerprint density at radius 3 is 2.03 bits per heavy atom. The van der Waals surface area contributed by atoms with Crippen molar-refractivity contribution >= 4 is 0 Å². The van der Waals surface area contributed by atoms with Crippen molar-refractivity contribution in [1.29, 1.82) is 0 Å². The van der Waals surface area contributed by atoms with Crippen LogP contribution in [0.15, 0.2) is 0 Å². The summed E-state index contributed by atoms with van der Waals surface area (Å²) in [7, 11) is 0. The molecule has 31 heavy (non-hydrogen) atoms. The van der Waals surface area contributed by atoms with Crippen LogP contribution in [-0.4, -0.2) is 117 Å². The summed E-state index contributed by atoms with van der Waals surface area (Å²) in [5.41, 5.74) is 0. The Bertz CT molecular complexity index is 496. The van der Waals surface area contributed by atoms with Crippen LogP contribution in [0.5, 0.6) is 0 Å². The van der Waals surface area contributed by atoms with E-state index in [0.29, 0.717) is 6.61 Å². The van der Waals surface area contributed by atoms with Crippen LogP contribution < -0.4 is 0 Å². The van der Waals surface area contributed by atoms with E-state index in [1.165, 1.54) is 6.42 Å². The molecule has 0 aromatic carbocycles. The van der Waals surface area contributed by atoms with Crippen LogP contribution in [0, 0.1) is 0 Å². The van der Waals surface area contributed by atoms with Crippen LogP contribution in [0.2, 0.25) is 0 Å². The fourth-order valence-corrected chi connectivity index (χ4v) is 3.69. The van der Waals surface area contributed by atoms with Crippen LogP contribution in [-0.2, 0) is 18.9 Å². The summed E-state index contributed by atoms with van der Waals surface area (Å²) in [4.78, 5) is 0. The molecular weight excluding hydrogens is 416 g/mol. The standard InChI is InChI=1S/C20H38O11/c1-2-3-4-5-6-7-8-28-19-16(26)14(24)13(23)12(30-19)10-29-20-17(27)15(25)18(31-20)11(22)9-21/h11-27H,2-10H2,1H3/t11-,12-,13-,14+,15-,16-,17-,18?,19+,20?/m1/s1. The minimum atomic E-state index is -1.53. The lowest BCUT2D eigenvalue weighted by atomic mass is 9.99. The van der Waals surface area contributed by atoms with Crippen molar-refractivity contribution in [2.45, 2.75) is 107 Å². The second kappa shape index (κ2) is 13.3. The zero-order valence-electron chi connectivity index (χ0n) is 17.9. The lowest BCUT2D eigenvalue weighted by molar-refractivity contribution is -0.310. The first-order chi connectivity index (χ1) is 14.8. The van der Waals surface area contributed by atoms with Gasteiger partial charge in [-0.05, 0) is 6.42 Å². The zero-order valence-corrected chi connectivity index (χ0v) is 17.9. The normalized spacial score (nSPS) is 39.7. The Labute approximate surface area is 182 Å². The van der Waals surface area contributed by atoms with Gasteiger partial charge in [0.2, 0.25) is 0 Å². The Morgan fingerprint density at radius 2 is 1.35 bits per heavy atom. The van der Waals surface area contributed by atoms with Crippen LogP contribution in [0.1, 0.15) is 45.4 Å². The Morgan fingerprint density at radius 1 is 0.742 bits per heavy atom. The van der Waals surface area contributed by atoms with Gasteiger partial charge in [0.1, 0.15) is 48.8 Å². The quantitative estimate of drug-likeness (QED) is 0.153. The fourth-order valence-electron chi connectivity index (χ4n) is 3.69. The average molecular weight is 455 g/mol. The SMILES string of the molecule is CCCCCCCCO[C@H]1O[C@H](COC2OC([C@H](O)CO)[C@H](O)[C@H]2O)[C@@H](O)[C@H](O)[C@H]1O. The van der Waals surface area contributed by atoms with E-state index in [-0.39, 0.29) is 6.61 Å². The van der Waals surface area contributed by atoms with Crippen molar-refractivity contribution in [3.05, 3.63) is 0 Å². The van der Waals surface area contributed by atoms with E-state index in [4.69, 9.17) is 24.1 Å². The first-order valence-corrected chi connectivity index (χ1v) is 11.0. The molecule has 7 N–H and O–H groups in total. The van der Waals surface area contributed by atoms with Gasteiger partial charge in [0.15, 0.2) is 12.6 Å². The van der Waals surface area contributed by atoms with Gasteiger partial charge >= 0.3 is 0 Å². The maximum Gasteiger partial charge on any atom is 0.186 e. The highest BCUT2D eigenvalue weighted by atomic mass is 16.7. The maximum absolute atomic E-state index is 10.2. The monoisotopic (exact) mass is 454 g/mol. The molecule has 11 nitrogen and oxygen atoms in total. The molecule has 2 heterocycles. The van der Waals surface area contributed by atoms with Crippen LogP contribution in [0.3, 0.4) is 0 Å². The van der Waals surface area contributed by atoms with Gasteiger partial charge in [-0.3, -0.25) is 0 Å². The van der Waals surface area contributed by atoms with Crippen molar-refractivity contribution in [1.82, 2.24) is 0 Å². The fraction of sp³-hybridized carbons (Fsp3) is 1.00. The van der Waals surface area contributed by atoms with Crippen molar-refractivity contribution in [3.63, 3.8) is 0 Å². The van der Waals surface area contributed by atoms with Crippen molar-refractivity contribution in [3.8, 4) is 0 Å². The number of aliphatic hydroxyl groups is 7. The van der Waals surface area contributed by atoms with Gasteiger partial charge in [0.25, 0.3) is 0 Å². The molecule has 2 aliphatic heterocycles. The van der Waals surface area contributed by atoms with Gasteiger partial charge in [-0.15, -0.1) is 0 Å². The maximum atomic E-state index is 10.2. The molecule has 0 aromatic heterocycles. The van der Waals surface area contributed by atoms with Crippen molar-refractivity contribution < 1.29 is 54.7 Å². The molecule has 0 saturated carbocycles. The van der Waals surface area contributed by atoms with E-state index >= 15 is 0 Å². The predicted octanol–water partition coefficient (Wildman–Crippen LogP) is -2.01. The summed E-state index contributed by atoms with van der Waals surface area (Å²) in [5.74, 6) is 0. The Kier molecular flexibility index (Phi) is 11.5. The van der Waals surface area contributed by atoms with Gasteiger partial charge in [-0.1, -0.05) is 39.0 Å². The van der Waals surface area contributed by atoms with E-state index in [0.717, 1.165) is 32.1 Å². The molecule has 0 radical (unpaired) electrons. The summed E-state index contributed by atoms with van der Waals surface area (Å²) in [6.07, 6.45) is -7.35. The molecule has 0 spiro atoms. The van der Waals surface area contributed by atoms with Gasteiger partial charge in [0.05, 0.1) is 13.2 Å². The minimum Gasteiger partial charge on any atom is -0.394 e. The van der Waals surface area contributed by atoms with Crippen LogP contribution in [0.25, 0.3) is 0 Å². The second-order valence-corrected chi connectivity index (χ2v) is 8.19. The van der Waals surface area contributed by atoms with Crippen LogP contribution in [0.4, 0.5) is 0 Å². The lowest BCUT2D eigenvalue weighted by Crippen LogP contribution is -2.59. The highest BCUT2D eigenvalue weighted by Crippen LogP contribution is 2.27. The molecule has 2 rings (SSSR count). The largest absolute Gasteiger partial charge is 0.394 e. The van der Waals surface area contributed by atoms with E-state index in [1.807, 2.05) is 0 Å². The zero-order chi connectivity index (χ0) is 23.0. The summed E-state index contributed by atoms with van der Waals surface area (Å²) in [6.45, 7) is 1.44. The van der Waals surface area contributed by atoms with Gasteiger partial charge < -0.3 is 54.7 Å². The molecule has 2 unspecified atom stereocenters. The number of unbranched alkanes of at least 4 members (excludes halogenated alkanes) is 5. The molecule has 0 aromatic rings. The number of aliphatic hydroxyl groups excluding tert-OH is 7. The second-order valence-electron chi connectivity index (χ2n) is 8.19. The average Bonchev–Trinajstić information content (AvgIpc) is 3.05. The molecule has 2 aliphatic rings. The Balaban J connectivity index is 1.81. The van der Waals surface area contributed by atoms with Gasteiger partial charge in [-0.2, -0.15) is 0 Å². The smallest absolute Gasteiger partial charge is 0.186 e. The summed E-state index contributed by atoms with van der Waals surface area (Å²) in [6, 6.07) is 0. The third kappa shape index (κ3) is 7.27. The highest BCUT2D eigenvalue weighted by Gasteiger charge is 2.48. The topological polar surface area (TPSA) is 179 Å². The first kappa shape index (κ1) is 26.8. The molecule has 184 valence electrons. The third-order valence-corrected chi connectivity index (χ3v) is 5.70. The molecule has 2 saturated heterocycles. The highest BCUT2D eigenvalue weighted by molar-refractivity contribution is 4.92. The lowest BCUT2D eigenvalue weighted by Gasteiger charge is -2.40. The van der Waals surface area contributed by atoms with Crippen molar-refractivity contribution in [2.24, 2.45) is 0 Å². The number of ether oxygens (including phenoxy) is 4. The van der Waals surface area contributed by atoms with Crippen molar-refractivity contribution in [2.75, 3.05) is 19.8 Å². The molecule has 2 fully saturated rings. The van der Waals surface area contributed by atoms with Gasteiger partial charge in [0, 0.05) is 6.61 Å². The summed E-state index contributed by atoms with van der Waals surface area (Å²) >= 11 is 0. The Hall–Kier alpha value is -0.440. The predicted molar refractivity (Wildman–Crippen MR) is 106 cm³/mol. The molecule has 0 bridgehead atoms. The number of rotatable bonds is 13. The van der Waals surface area contributed by atoms with E-state index in [1.54, 1.807) is 0 Å². The minimum absolute atomic E-state index is 0.321. The number of hydrogen-bond donors (Lipinski definition) is 7. The summed E-state index contributed by atoms with van der Waals surface area (Å²) < 4.78 is 21.7. The third-order valence-electron chi connectivity index (χ3n) is 5.70. The van der Waals surface area contributed by atoms with E-state index in [9.17, 15) is 30.6 Å². The molecule has 0 aliphatic carbocycles. The van der Waals surface area contributed by atoms with Gasteiger partial charge in [-0.25, -0.2) is 0 Å². The first-order valence-electron chi connectivity index (χ1n) is 11.0. The molecular formula is C20H38O11. The van der Waals surface area contributed by atoms with E-state index < -0.39 is 68.0 Å². The number of hydrogen-bond acceptors (Lipinski definition) is 11. The van der Waals surface area contributed by atoms with E-state index in [2.05, 4.69) is 6.92 Å². The summed E-state index contributed by atoms with van der Waals surface area (Å²) in [5, 5.41) is 69.0. The molecule has 11 heteroatoms. The van der Waals surface area contributed by atoms with Crippen LogP contribution >= 0.6 is 0 Å². The molecule has 0 amide bonds. The molecule has 10 atom stereocenters.